The highest BCUT2D eigenvalue weighted by molar-refractivity contribution is 6.04. The van der Waals surface area contributed by atoms with Crippen LogP contribution in [0.25, 0.3) is 0 Å². The van der Waals surface area contributed by atoms with Gasteiger partial charge in [0.2, 0.25) is 0 Å². The molecule has 0 N–H and O–H groups in total. The summed E-state index contributed by atoms with van der Waals surface area (Å²) in [4.78, 5) is 37.7. The van der Waals surface area contributed by atoms with Gasteiger partial charge in [0.25, 0.3) is 5.91 Å². The number of piperazine rings is 1. The lowest BCUT2D eigenvalue weighted by Gasteiger charge is -2.50. The third kappa shape index (κ3) is 5.12. The van der Waals surface area contributed by atoms with Crippen LogP contribution in [-0.2, 0) is 0 Å². The molecular formula is C27H33F2N7O. The first-order chi connectivity index (χ1) is 17.9. The van der Waals surface area contributed by atoms with Gasteiger partial charge in [-0.3, -0.25) is 14.7 Å². The molecule has 0 saturated carbocycles. The Bertz CT molecular complexity index is 1230. The van der Waals surface area contributed by atoms with Crippen LogP contribution in [0.4, 0.5) is 14.6 Å². The predicted octanol–water partition coefficient (Wildman–Crippen LogP) is 3.49. The van der Waals surface area contributed by atoms with Gasteiger partial charge in [-0.25, -0.2) is 23.7 Å². The van der Waals surface area contributed by atoms with Crippen molar-refractivity contribution >= 4 is 23.8 Å². The molecule has 1 aromatic heterocycles. The van der Waals surface area contributed by atoms with Gasteiger partial charge in [0, 0.05) is 56.1 Å². The number of amides is 1. The molecule has 8 nitrogen and oxygen atoms in total. The van der Waals surface area contributed by atoms with Gasteiger partial charge in [-0.1, -0.05) is 6.92 Å². The van der Waals surface area contributed by atoms with Gasteiger partial charge in [-0.2, -0.15) is 0 Å². The first-order valence-corrected chi connectivity index (χ1v) is 13.0. The van der Waals surface area contributed by atoms with E-state index in [1.807, 2.05) is 6.92 Å². The van der Waals surface area contributed by atoms with Crippen molar-refractivity contribution in [2.24, 2.45) is 9.98 Å². The first-order valence-electron chi connectivity index (χ1n) is 13.0. The van der Waals surface area contributed by atoms with Gasteiger partial charge in [-0.15, -0.1) is 0 Å². The van der Waals surface area contributed by atoms with E-state index in [0.717, 1.165) is 56.0 Å². The van der Waals surface area contributed by atoms with E-state index in [1.54, 1.807) is 17.3 Å². The molecule has 37 heavy (non-hydrogen) atoms. The van der Waals surface area contributed by atoms with Gasteiger partial charge in [0.05, 0.1) is 18.4 Å². The average molecular weight is 510 g/mol. The number of piperidine rings is 1. The Kier molecular flexibility index (Phi) is 7.28. The molecule has 5 rings (SSSR count). The number of likely N-dealkylation sites (tertiary alicyclic amines) is 1. The molecule has 0 radical (unpaired) electrons. The molecule has 1 amide bonds. The molecule has 2 atom stereocenters. The van der Waals surface area contributed by atoms with E-state index in [0.29, 0.717) is 43.2 Å². The Morgan fingerprint density at radius 3 is 2.57 bits per heavy atom. The Balaban J connectivity index is 1.23. The van der Waals surface area contributed by atoms with Crippen molar-refractivity contribution in [3.05, 3.63) is 53.0 Å². The van der Waals surface area contributed by atoms with E-state index < -0.39 is 11.6 Å². The molecule has 0 spiro atoms. The highest BCUT2D eigenvalue weighted by Gasteiger charge is 2.37. The standard InChI is InChI=1S/C27H33F2N7O/c1-4-20-16-35(26-18(3)33-24(14-32-26)25-30-9-10-31-25)17(2)15-36(20)21-7-11-34(12-8-21)27(37)19-5-6-22(28)23(29)13-19/h5-6,9,13-14,17,20-21H,4,7-8,10-12,15-16H2,1-3H3/t17-,20+/m1/s1. The minimum atomic E-state index is -0.992. The number of anilines is 1. The number of carbonyl (C=O) groups excluding carboxylic acids is 1. The predicted molar refractivity (Wildman–Crippen MR) is 140 cm³/mol. The zero-order valence-electron chi connectivity index (χ0n) is 21.6. The second kappa shape index (κ2) is 10.6. The maximum atomic E-state index is 13.6. The van der Waals surface area contributed by atoms with E-state index in [9.17, 15) is 13.6 Å². The summed E-state index contributed by atoms with van der Waals surface area (Å²) in [6.07, 6.45) is 6.26. The largest absolute Gasteiger partial charge is 0.350 e. The van der Waals surface area contributed by atoms with Crippen LogP contribution in [0.2, 0.25) is 0 Å². The summed E-state index contributed by atoms with van der Waals surface area (Å²) >= 11 is 0. The van der Waals surface area contributed by atoms with Gasteiger partial charge in [0.15, 0.2) is 17.5 Å². The summed E-state index contributed by atoms with van der Waals surface area (Å²) in [6.45, 7) is 9.99. The van der Waals surface area contributed by atoms with Crippen LogP contribution in [0.5, 0.6) is 0 Å². The van der Waals surface area contributed by atoms with Crippen LogP contribution in [0.15, 0.2) is 34.4 Å². The maximum Gasteiger partial charge on any atom is 0.253 e. The molecule has 3 aliphatic heterocycles. The molecule has 2 saturated heterocycles. The molecule has 10 heteroatoms. The Labute approximate surface area is 216 Å². The second-order valence-corrected chi connectivity index (χ2v) is 10.1. The molecule has 2 aromatic rings. The van der Waals surface area contributed by atoms with E-state index in [4.69, 9.17) is 9.97 Å². The van der Waals surface area contributed by atoms with Crippen molar-refractivity contribution in [1.29, 1.82) is 0 Å². The number of aliphatic imine (C=N–C) groups is 2. The number of halogens is 2. The molecular weight excluding hydrogens is 476 g/mol. The van der Waals surface area contributed by atoms with Crippen molar-refractivity contribution in [2.45, 2.75) is 58.2 Å². The second-order valence-electron chi connectivity index (χ2n) is 10.1. The normalized spacial score (nSPS) is 23.0. The monoisotopic (exact) mass is 509 g/mol. The number of nitrogens with zero attached hydrogens (tertiary/aromatic N) is 7. The lowest BCUT2D eigenvalue weighted by molar-refractivity contribution is 0.0434. The van der Waals surface area contributed by atoms with E-state index >= 15 is 0 Å². The number of hydrogen-bond donors (Lipinski definition) is 0. The van der Waals surface area contributed by atoms with Crippen LogP contribution in [0.3, 0.4) is 0 Å². The number of benzene rings is 1. The Morgan fingerprint density at radius 2 is 1.92 bits per heavy atom. The minimum absolute atomic E-state index is 0.195. The van der Waals surface area contributed by atoms with Gasteiger partial charge < -0.3 is 9.80 Å². The van der Waals surface area contributed by atoms with Crippen molar-refractivity contribution in [3.63, 3.8) is 0 Å². The molecule has 4 heterocycles. The van der Waals surface area contributed by atoms with Crippen LogP contribution < -0.4 is 4.90 Å². The number of carbonyl (C=O) groups is 1. The zero-order valence-corrected chi connectivity index (χ0v) is 21.6. The number of rotatable bonds is 5. The summed E-state index contributed by atoms with van der Waals surface area (Å²) in [6, 6.07) is 4.34. The fraction of sp³-hybridized carbons (Fsp3) is 0.519. The summed E-state index contributed by atoms with van der Waals surface area (Å²) in [7, 11) is 0. The number of hydrogen-bond acceptors (Lipinski definition) is 7. The van der Waals surface area contributed by atoms with Crippen molar-refractivity contribution in [1.82, 2.24) is 19.8 Å². The topological polar surface area (TPSA) is 77.3 Å². The maximum absolute atomic E-state index is 13.6. The summed E-state index contributed by atoms with van der Waals surface area (Å²) < 4.78 is 26.9. The van der Waals surface area contributed by atoms with Crippen LogP contribution in [0.1, 0.15) is 54.9 Å². The molecule has 2 fully saturated rings. The molecule has 0 bridgehead atoms. The Morgan fingerprint density at radius 1 is 1.14 bits per heavy atom. The lowest BCUT2D eigenvalue weighted by atomic mass is 9.96. The number of aryl methyl sites for hydroxylation is 1. The SMILES string of the molecule is CC[C@H]1CN(c2ncc(C3=NCC=N3)nc2C)[C@H](C)CN1C1CCN(C(=O)c2ccc(F)c(F)c2)CC1. The third-order valence-corrected chi connectivity index (χ3v) is 7.70. The molecule has 3 aliphatic rings. The molecule has 196 valence electrons. The summed E-state index contributed by atoms with van der Waals surface area (Å²) in [5.74, 6) is -0.628. The lowest BCUT2D eigenvalue weighted by Crippen LogP contribution is -2.62. The van der Waals surface area contributed by atoms with Crippen LogP contribution >= 0.6 is 0 Å². The highest BCUT2D eigenvalue weighted by Crippen LogP contribution is 2.30. The molecule has 0 unspecified atom stereocenters. The average Bonchev–Trinajstić information content (AvgIpc) is 3.45. The number of amidine groups is 1. The van der Waals surface area contributed by atoms with Crippen molar-refractivity contribution in [3.8, 4) is 0 Å². The van der Waals surface area contributed by atoms with Gasteiger partial charge in [0.1, 0.15) is 11.5 Å². The van der Waals surface area contributed by atoms with Gasteiger partial charge >= 0.3 is 0 Å². The van der Waals surface area contributed by atoms with Gasteiger partial charge in [-0.05, 0) is 51.3 Å². The van der Waals surface area contributed by atoms with E-state index in [2.05, 4.69) is 33.6 Å². The smallest absolute Gasteiger partial charge is 0.253 e. The first kappa shape index (κ1) is 25.4. The summed E-state index contributed by atoms with van der Waals surface area (Å²) in [5, 5.41) is 0. The van der Waals surface area contributed by atoms with Crippen molar-refractivity contribution < 1.29 is 13.6 Å². The fourth-order valence-electron chi connectivity index (χ4n) is 5.69. The zero-order chi connectivity index (χ0) is 26.1. The van der Waals surface area contributed by atoms with Crippen LogP contribution in [-0.4, -0.2) is 88.6 Å². The Hall–Kier alpha value is -3.27. The third-order valence-electron chi connectivity index (χ3n) is 7.70. The molecule has 1 aromatic carbocycles. The fourth-order valence-corrected chi connectivity index (χ4v) is 5.69. The minimum Gasteiger partial charge on any atom is -0.350 e. The van der Waals surface area contributed by atoms with Crippen LogP contribution in [0, 0.1) is 18.6 Å². The number of aromatic nitrogens is 2. The molecule has 0 aliphatic carbocycles. The summed E-state index contributed by atoms with van der Waals surface area (Å²) in [5.41, 5.74) is 1.78. The van der Waals surface area contributed by atoms with Crippen molar-refractivity contribution in [2.75, 3.05) is 37.6 Å². The highest BCUT2D eigenvalue weighted by atomic mass is 19.2. The van der Waals surface area contributed by atoms with E-state index in [1.165, 1.54) is 6.07 Å². The quantitative estimate of drug-likeness (QED) is 0.617. The van der Waals surface area contributed by atoms with E-state index in [-0.39, 0.29) is 17.5 Å².